The fraction of sp³-hybridized carbons (Fsp3) is 0.678. The summed E-state index contributed by atoms with van der Waals surface area (Å²) in [7, 11) is 0. The number of nitrogens with one attached hydrogen (secondary N) is 1. The van der Waals surface area contributed by atoms with E-state index < -0.39 is 49.5 Å². The molecule has 1 aliphatic rings. The van der Waals surface area contributed by atoms with Crippen molar-refractivity contribution in [3.05, 3.63) is 109 Å². The van der Waals surface area contributed by atoms with Crippen molar-refractivity contribution in [1.29, 1.82) is 0 Å². The fourth-order valence-electron chi connectivity index (χ4n) is 7.80. The molecule has 1 fully saturated rings. The van der Waals surface area contributed by atoms with Gasteiger partial charge >= 0.3 is 0 Å². The Morgan fingerprint density at radius 1 is 0.515 bits per heavy atom. The number of ether oxygens (including phenoxy) is 2. The van der Waals surface area contributed by atoms with Gasteiger partial charge in [0.25, 0.3) is 0 Å². The van der Waals surface area contributed by atoms with Gasteiger partial charge in [-0.25, -0.2) is 0 Å². The van der Waals surface area contributed by atoms with Crippen molar-refractivity contribution < 1.29 is 39.8 Å². The van der Waals surface area contributed by atoms with Gasteiger partial charge in [-0.3, -0.25) is 4.79 Å². The van der Waals surface area contributed by atoms with Gasteiger partial charge in [0.15, 0.2) is 6.29 Å². The van der Waals surface area contributed by atoms with E-state index in [0.29, 0.717) is 6.42 Å². The van der Waals surface area contributed by atoms with Crippen LogP contribution in [0.2, 0.25) is 0 Å². The first kappa shape index (κ1) is 62.9. The number of hydrogen-bond acceptors (Lipinski definition) is 8. The number of carbonyl (C=O) groups excluding carboxylic acids is 1. The highest BCUT2D eigenvalue weighted by molar-refractivity contribution is 5.76. The maximum atomic E-state index is 13.0. The zero-order valence-corrected chi connectivity index (χ0v) is 42.8. The van der Waals surface area contributed by atoms with Crippen molar-refractivity contribution in [2.75, 3.05) is 13.2 Å². The monoisotopic (exact) mass is 950 g/mol. The van der Waals surface area contributed by atoms with E-state index in [0.717, 1.165) is 103 Å². The maximum absolute atomic E-state index is 13.0. The van der Waals surface area contributed by atoms with Crippen molar-refractivity contribution in [3.8, 4) is 0 Å². The van der Waals surface area contributed by atoms with Crippen LogP contribution in [0, 0.1) is 0 Å². The van der Waals surface area contributed by atoms with Gasteiger partial charge in [-0.05, 0) is 89.9 Å². The third kappa shape index (κ3) is 36.8. The standard InChI is InChI=1S/C59H99NO8/c1-3-5-7-9-11-13-15-17-19-21-23-24-25-26-27-28-29-30-31-33-35-37-39-41-43-45-47-49-55(63)60-52(51-67-59-58(66)57(65)56(64)54(50-61)68-59)53(62)48-46-44-42-40-38-36-34-32-22-20-18-16-14-12-10-8-6-4-2/h5,7,11,13,17,19,23-24,26-27,29-30,33,35,38,40,46,48,52-54,56-59,61-62,64-66H,3-4,6,8-10,12,14-16,18,20-22,25,28,31-32,34,36-37,39,41-45,47,49-51H2,1-2H3,(H,60,63)/b7-5-,13-11-,19-17-,24-23-,27-26-,30-29-,35-33-,40-38+,48-46+. The van der Waals surface area contributed by atoms with E-state index in [1.54, 1.807) is 6.08 Å². The summed E-state index contributed by atoms with van der Waals surface area (Å²) in [6, 6.07) is -0.841. The first-order chi connectivity index (χ1) is 33.3. The summed E-state index contributed by atoms with van der Waals surface area (Å²) < 4.78 is 11.2. The van der Waals surface area contributed by atoms with Crippen LogP contribution in [0.5, 0.6) is 0 Å². The normalized spacial score (nSPS) is 20.5. The summed E-state index contributed by atoms with van der Waals surface area (Å²) >= 11 is 0. The van der Waals surface area contributed by atoms with Gasteiger partial charge in [-0.15, -0.1) is 0 Å². The van der Waals surface area contributed by atoms with Crippen molar-refractivity contribution in [2.24, 2.45) is 0 Å². The molecule has 1 saturated heterocycles. The molecule has 0 bridgehead atoms. The molecule has 0 aromatic heterocycles. The molecule has 1 aliphatic heterocycles. The van der Waals surface area contributed by atoms with Crippen LogP contribution in [0.1, 0.15) is 200 Å². The zero-order valence-electron chi connectivity index (χ0n) is 42.8. The predicted octanol–water partition coefficient (Wildman–Crippen LogP) is 13.0. The number of amides is 1. The fourth-order valence-corrected chi connectivity index (χ4v) is 7.80. The minimum absolute atomic E-state index is 0.210. The van der Waals surface area contributed by atoms with Gasteiger partial charge in [0.1, 0.15) is 24.4 Å². The zero-order chi connectivity index (χ0) is 49.4. The second-order valence-electron chi connectivity index (χ2n) is 18.3. The second-order valence-corrected chi connectivity index (χ2v) is 18.3. The molecule has 0 radical (unpaired) electrons. The highest BCUT2D eigenvalue weighted by atomic mass is 16.7. The van der Waals surface area contributed by atoms with Gasteiger partial charge in [0.2, 0.25) is 5.91 Å². The van der Waals surface area contributed by atoms with Crippen LogP contribution in [0.3, 0.4) is 0 Å². The SMILES string of the molecule is CC/C=C\C/C=C\C/C=C\C/C=C\C/C=C\C/C=C\C/C=C\CCCCCCCC(=O)NC(COC1OC(CO)C(O)C(O)C1O)C(O)/C=C/CC/C=C/CCCCCCCCCCCCCC. The summed E-state index contributed by atoms with van der Waals surface area (Å²) in [6.45, 7) is 3.63. The molecule has 7 atom stereocenters. The first-order valence-corrected chi connectivity index (χ1v) is 27.1. The van der Waals surface area contributed by atoms with Crippen LogP contribution in [0.15, 0.2) is 109 Å². The third-order valence-corrected chi connectivity index (χ3v) is 12.1. The van der Waals surface area contributed by atoms with Crippen LogP contribution < -0.4 is 5.32 Å². The summed E-state index contributed by atoms with van der Waals surface area (Å²) in [6.07, 6.45) is 62.8. The highest BCUT2D eigenvalue weighted by Gasteiger charge is 2.44. The summed E-state index contributed by atoms with van der Waals surface area (Å²) in [4.78, 5) is 13.0. The molecule has 9 heteroatoms. The topological polar surface area (TPSA) is 149 Å². The lowest BCUT2D eigenvalue weighted by Gasteiger charge is -2.40. The first-order valence-electron chi connectivity index (χ1n) is 27.1. The Bertz CT molecular complexity index is 1430. The van der Waals surface area contributed by atoms with Gasteiger partial charge in [0.05, 0.1) is 25.4 Å². The van der Waals surface area contributed by atoms with Crippen LogP contribution in [0.25, 0.3) is 0 Å². The lowest BCUT2D eigenvalue weighted by Crippen LogP contribution is -2.60. The van der Waals surface area contributed by atoms with Gasteiger partial charge < -0.3 is 40.3 Å². The van der Waals surface area contributed by atoms with Crippen LogP contribution in [-0.2, 0) is 14.3 Å². The molecule has 6 N–H and O–H groups in total. The number of hydrogen-bond donors (Lipinski definition) is 6. The lowest BCUT2D eigenvalue weighted by atomic mass is 9.99. The summed E-state index contributed by atoms with van der Waals surface area (Å²) in [5.41, 5.74) is 0. The minimum Gasteiger partial charge on any atom is -0.394 e. The molecule has 1 heterocycles. The number of carbonyl (C=O) groups is 1. The Hall–Kier alpha value is -3.15. The van der Waals surface area contributed by atoms with E-state index in [4.69, 9.17) is 9.47 Å². The molecular formula is C59H99NO8. The van der Waals surface area contributed by atoms with E-state index >= 15 is 0 Å². The molecule has 7 unspecified atom stereocenters. The number of aliphatic hydroxyl groups is 5. The summed E-state index contributed by atoms with van der Waals surface area (Å²) in [5, 5.41) is 54.4. The molecular weight excluding hydrogens is 851 g/mol. The average Bonchev–Trinajstić information content (AvgIpc) is 3.34. The van der Waals surface area contributed by atoms with E-state index in [1.165, 1.54) is 77.0 Å². The van der Waals surface area contributed by atoms with Crippen LogP contribution in [0.4, 0.5) is 0 Å². The second kappa shape index (κ2) is 47.5. The van der Waals surface area contributed by atoms with Crippen LogP contribution in [-0.4, -0.2) is 87.5 Å². The third-order valence-electron chi connectivity index (χ3n) is 12.1. The predicted molar refractivity (Wildman–Crippen MR) is 285 cm³/mol. The molecule has 0 aromatic rings. The average molecular weight is 950 g/mol. The molecule has 0 saturated carbocycles. The molecule has 1 rings (SSSR count). The minimum atomic E-state index is -1.58. The van der Waals surface area contributed by atoms with E-state index in [1.807, 2.05) is 6.08 Å². The van der Waals surface area contributed by atoms with Gasteiger partial charge in [-0.1, -0.05) is 213 Å². The molecule has 0 aromatic carbocycles. The van der Waals surface area contributed by atoms with Crippen molar-refractivity contribution in [2.45, 2.75) is 243 Å². The van der Waals surface area contributed by atoms with Gasteiger partial charge in [-0.2, -0.15) is 0 Å². The Morgan fingerprint density at radius 3 is 1.41 bits per heavy atom. The van der Waals surface area contributed by atoms with Crippen molar-refractivity contribution >= 4 is 5.91 Å². The highest BCUT2D eigenvalue weighted by Crippen LogP contribution is 2.22. The van der Waals surface area contributed by atoms with E-state index in [2.05, 4.69) is 116 Å². The Kier molecular flexibility index (Phi) is 43.9. The number of unbranched alkanes of at least 4 members (excludes halogenated alkanes) is 18. The largest absolute Gasteiger partial charge is 0.394 e. The van der Waals surface area contributed by atoms with Gasteiger partial charge in [0, 0.05) is 6.42 Å². The molecule has 9 nitrogen and oxygen atoms in total. The number of allylic oxidation sites excluding steroid dienone is 17. The molecule has 388 valence electrons. The van der Waals surface area contributed by atoms with Crippen molar-refractivity contribution in [3.63, 3.8) is 0 Å². The Balaban J connectivity index is 2.32. The maximum Gasteiger partial charge on any atom is 0.220 e. The Morgan fingerprint density at radius 2 is 0.926 bits per heavy atom. The van der Waals surface area contributed by atoms with Crippen LogP contribution >= 0.6 is 0 Å². The smallest absolute Gasteiger partial charge is 0.220 e. The lowest BCUT2D eigenvalue weighted by molar-refractivity contribution is -0.302. The Labute approximate surface area is 415 Å². The summed E-state index contributed by atoms with van der Waals surface area (Å²) in [5.74, 6) is -0.210. The van der Waals surface area contributed by atoms with Crippen molar-refractivity contribution in [1.82, 2.24) is 5.32 Å². The van der Waals surface area contributed by atoms with E-state index in [9.17, 15) is 30.3 Å². The molecule has 68 heavy (non-hydrogen) atoms. The molecule has 1 amide bonds. The molecule has 0 spiro atoms. The number of aliphatic hydroxyl groups excluding tert-OH is 5. The van der Waals surface area contributed by atoms with E-state index in [-0.39, 0.29) is 12.5 Å². The molecule has 0 aliphatic carbocycles. The quantitative estimate of drug-likeness (QED) is 0.0261. The number of rotatable bonds is 44.